The van der Waals surface area contributed by atoms with E-state index in [1.165, 1.54) is 6.92 Å². The molecule has 0 saturated heterocycles. The van der Waals surface area contributed by atoms with Crippen molar-refractivity contribution in [3.63, 3.8) is 0 Å². The van der Waals surface area contributed by atoms with Gasteiger partial charge in [-0.25, -0.2) is 0 Å². The number of nitrogens with one attached hydrogen (secondary N) is 1. The Morgan fingerprint density at radius 1 is 1.00 bits per heavy atom. The summed E-state index contributed by atoms with van der Waals surface area (Å²) in [5.41, 5.74) is 0.178. The van der Waals surface area contributed by atoms with E-state index in [2.05, 4.69) is 20.4 Å². The van der Waals surface area contributed by atoms with Crippen molar-refractivity contribution in [2.24, 2.45) is 10.2 Å². The van der Waals surface area contributed by atoms with Crippen LogP contribution in [-0.4, -0.2) is 35.5 Å². The van der Waals surface area contributed by atoms with Crippen molar-refractivity contribution in [2.75, 3.05) is 29.9 Å². The summed E-state index contributed by atoms with van der Waals surface area (Å²) in [6.45, 7) is 8.88. The van der Waals surface area contributed by atoms with Gasteiger partial charge in [0, 0.05) is 31.8 Å². The summed E-state index contributed by atoms with van der Waals surface area (Å²) in [6, 6.07) is 7.10. The van der Waals surface area contributed by atoms with Crippen LogP contribution in [0.3, 0.4) is 0 Å². The van der Waals surface area contributed by atoms with Crippen LogP contribution in [0.1, 0.15) is 34.1 Å². The summed E-state index contributed by atoms with van der Waals surface area (Å²) in [7, 11) is 0. The molecule has 0 radical (unpaired) electrons. The van der Waals surface area contributed by atoms with Crippen molar-refractivity contribution in [3.05, 3.63) is 50.6 Å². The monoisotopic (exact) mass is 458 g/mol. The largest absolute Gasteiger partial charge is 0.487 e. The third kappa shape index (κ3) is 6.45. The van der Waals surface area contributed by atoms with Gasteiger partial charge in [-0.15, -0.1) is 10.2 Å². The van der Waals surface area contributed by atoms with Crippen LogP contribution in [0, 0.1) is 20.2 Å². The van der Waals surface area contributed by atoms with Crippen LogP contribution in [0.5, 0.6) is 5.75 Å². The molecule has 0 heterocycles. The minimum atomic E-state index is -0.775. The molecule has 0 spiro atoms. The molecule has 0 bridgehead atoms. The zero-order chi connectivity index (χ0) is 24.5. The number of nitro benzene ring substituents is 2. The van der Waals surface area contributed by atoms with Gasteiger partial charge in [-0.2, -0.15) is 0 Å². The average molecular weight is 458 g/mol. The van der Waals surface area contributed by atoms with Crippen molar-refractivity contribution in [1.82, 2.24) is 0 Å². The molecule has 2 rings (SSSR count). The maximum Gasteiger partial charge on any atom is 0.317 e. The lowest BCUT2D eigenvalue weighted by Gasteiger charge is -2.22. The molecule has 0 unspecified atom stereocenters. The number of benzene rings is 2. The van der Waals surface area contributed by atoms with Crippen LogP contribution in [0.25, 0.3) is 0 Å². The van der Waals surface area contributed by atoms with Crippen LogP contribution in [-0.2, 0) is 4.79 Å². The summed E-state index contributed by atoms with van der Waals surface area (Å²) < 4.78 is 5.39. The van der Waals surface area contributed by atoms with Crippen LogP contribution >= 0.6 is 0 Å². The number of carbonyl (C=O) groups excluding carboxylic acids is 1. The number of ether oxygens (including phenoxy) is 1. The van der Waals surface area contributed by atoms with E-state index in [-0.39, 0.29) is 29.6 Å². The third-order valence-electron chi connectivity index (χ3n) is 4.60. The van der Waals surface area contributed by atoms with Crippen LogP contribution in [0.2, 0.25) is 0 Å². The highest BCUT2D eigenvalue weighted by Crippen LogP contribution is 2.40. The SMILES string of the molecule is CCCOc1cc(N=Nc2ccc(N(CC)CC)cc2NC(C)=O)c([N+](=O)[O-])cc1[N+](=O)[O-]. The maximum atomic E-state index is 11.7. The van der Waals surface area contributed by atoms with Gasteiger partial charge >= 0.3 is 11.4 Å². The Labute approximate surface area is 190 Å². The Balaban J connectivity index is 2.57. The first kappa shape index (κ1) is 25.2. The van der Waals surface area contributed by atoms with Crippen molar-refractivity contribution in [2.45, 2.75) is 34.1 Å². The van der Waals surface area contributed by atoms with E-state index in [9.17, 15) is 25.0 Å². The highest BCUT2D eigenvalue weighted by molar-refractivity contribution is 5.93. The molecule has 0 fully saturated rings. The standard InChI is InChI=1S/C21H26N6O6/c1-5-10-33-21-12-18(19(26(29)30)13-20(21)27(31)32)24-23-16-9-8-15(25(6-2)7-3)11-17(16)22-14(4)28/h8-9,11-13H,5-7,10H2,1-4H3,(H,22,28). The van der Waals surface area contributed by atoms with E-state index in [0.717, 1.165) is 30.9 Å². The number of nitrogens with zero attached hydrogens (tertiary/aromatic N) is 5. The molecule has 0 aliphatic heterocycles. The van der Waals surface area contributed by atoms with E-state index < -0.39 is 21.2 Å². The zero-order valence-corrected chi connectivity index (χ0v) is 18.9. The topological polar surface area (TPSA) is 153 Å². The number of azo groups is 1. The van der Waals surface area contributed by atoms with Crippen LogP contribution < -0.4 is 15.0 Å². The molecule has 1 N–H and O–H groups in total. The van der Waals surface area contributed by atoms with E-state index in [4.69, 9.17) is 4.74 Å². The number of nitro groups is 2. The Kier molecular flexibility index (Phi) is 8.78. The minimum Gasteiger partial charge on any atom is -0.487 e. The first-order valence-electron chi connectivity index (χ1n) is 10.4. The lowest BCUT2D eigenvalue weighted by atomic mass is 10.2. The van der Waals surface area contributed by atoms with Crippen LogP contribution in [0.4, 0.5) is 34.1 Å². The second-order valence-electron chi connectivity index (χ2n) is 6.93. The molecular formula is C21H26N6O6. The van der Waals surface area contributed by atoms with Gasteiger partial charge < -0.3 is 15.0 Å². The first-order chi connectivity index (χ1) is 15.7. The number of anilines is 2. The first-order valence-corrected chi connectivity index (χ1v) is 10.4. The molecule has 0 aliphatic carbocycles. The lowest BCUT2D eigenvalue weighted by molar-refractivity contribution is -0.394. The number of amides is 1. The average Bonchev–Trinajstić information content (AvgIpc) is 2.77. The normalized spacial score (nSPS) is 10.8. The minimum absolute atomic E-state index is 0.139. The number of hydrogen-bond donors (Lipinski definition) is 1. The van der Waals surface area contributed by atoms with Crippen molar-refractivity contribution in [3.8, 4) is 5.75 Å². The Morgan fingerprint density at radius 2 is 1.64 bits per heavy atom. The molecule has 0 saturated carbocycles. The summed E-state index contributed by atoms with van der Waals surface area (Å²) in [4.78, 5) is 35.1. The molecule has 33 heavy (non-hydrogen) atoms. The molecule has 0 aromatic heterocycles. The molecule has 2 aromatic carbocycles. The van der Waals surface area contributed by atoms with Gasteiger partial charge in [-0.05, 0) is 38.5 Å². The molecule has 12 heteroatoms. The summed E-state index contributed by atoms with van der Waals surface area (Å²) in [5, 5.41) is 33.6. The van der Waals surface area contributed by atoms with Crippen molar-refractivity contribution < 1.29 is 19.4 Å². The lowest BCUT2D eigenvalue weighted by Crippen LogP contribution is -2.21. The molecule has 12 nitrogen and oxygen atoms in total. The number of carbonyl (C=O) groups is 1. The molecular weight excluding hydrogens is 432 g/mol. The fourth-order valence-electron chi connectivity index (χ4n) is 3.04. The quantitative estimate of drug-likeness (QED) is 0.264. The van der Waals surface area contributed by atoms with Gasteiger partial charge in [-0.3, -0.25) is 25.0 Å². The van der Waals surface area contributed by atoms with Gasteiger partial charge in [0.1, 0.15) is 11.8 Å². The van der Waals surface area contributed by atoms with Gasteiger partial charge in [0.15, 0.2) is 11.4 Å². The zero-order valence-electron chi connectivity index (χ0n) is 18.9. The second kappa shape index (κ2) is 11.5. The van der Waals surface area contributed by atoms with Gasteiger partial charge in [0.05, 0.1) is 22.1 Å². The van der Waals surface area contributed by atoms with E-state index in [1.807, 2.05) is 20.8 Å². The predicted molar refractivity (Wildman–Crippen MR) is 124 cm³/mol. The van der Waals surface area contributed by atoms with E-state index >= 15 is 0 Å². The molecule has 176 valence electrons. The third-order valence-corrected chi connectivity index (χ3v) is 4.60. The maximum absolute atomic E-state index is 11.7. The van der Waals surface area contributed by atoms with Gasteiger partial charge in [0.2, 0.25) is 5.91 Å². The second-order valence-corrected chi connectivity index (χ2v) is 6.93. The van der Waals surface area contributed by atoms with Gasteiger partial charge in [-0.1, -0.05) is 6.92 Å². The molecule has 0 atom stereocenters. The predicted octanol–water partition coefficient (Wildman–Crippen LogP) is 5.51. The molecule has 1 amide bonds. The highest BCUT2D eigenvalue weighted by atomic mass is 16.6. The van der Waals surface area contributed by atoms with Crippen LogP contribution in [0.15, 0.2) is 40.6 Å². The fraction of sp³-hybridized carbons (Fsp3) is 0.381. The van der Waals surface area contributed by atoms with E-state index in [1.54, 1.807) is 18.2 Å². The highest BCUT2D eigenvalue weighted by Gasteiger charge is 2.26. The van der Waals surface area contributed by atoms with Gasteiger partial charge in [0.25, 0.3) is 0 Å². The number of rotatable bonds is 11. The van der Waals surface area contributed by atoms with Crippen molar-refractivity contribution >= 4 is 40.0 Å². The number of hydrogen-bond acceptors (Lipinski definition) is 9. The Morgan fingerprint density at radius 3 is 2.18 bits per heavy atom. The fourth-order valence-corrected chi connectivity index (χ4v) is 3.04. The smallest absolute Gasteiger partial charge is 0.317 e. The van der Waals surface area contributed by atoms with E-state index in [0.29, 0.717) is 12.1 Å². The molecule has 0 aliphatic rings. The summed E-state index contributed by atoms with van der Waals surface area (Å²) in [6.07, 6.45) is 0.587. The Bertz CT molecular complexity index is 1070. The Hall–Kier alpha value is -4.09. The summed E-state index contributed by atoms with van der Waals surface area (Å²) >= 11 is 0. The van der Waals surface area contributed by atoms with Crippen molar-refractivity contribution in [1.29, 1.82) is 0 Å². The molecule has 2 aromatic rings. The summed E-state index contributed by atoms with van der Waals surface area (Å²) in [5.74, 6) is -0.458.